The predicted molar refractivity (Wildman–Crippen MR) is 68.7 cm³/mol. The molecule has 0 aromatic heterocycles. The molecule has 0 bridgehead atoms. The summed E-state index contributed by atoms with van der Waals surface area (Å²) < 4.78 is 10.7. The molecule has 0 spiro atoms. The SMILES string of the molecule is CCOC(CCN(C)CCOCC1CC1)C(=O)O. The quantitative estimate of drug-likeness (QED) is 0.565. The van der Waals surface area contributed by atoms with Crippen LogP contribution in [-0.4, -0.2) is 62.0 Å². The van der Waals surface area contributed by atoms with Gasteiger partial charge in [-0.25, -0.2) is 4.79 Å². The van der Waals surface area contributed by atoms with Gasteiger partial charge in [-0.3, -0.25) is 0 Å². The number of aliphatic carboxylic acids is 1. The zero-order chi connectivity index (χ0) is 13.4. The third-order valence-electron chi connectivity index (χ3n) is 3.08. The summed E-state index contributed by atoms with van der Waals surface area (Å²) in [5.74, 6) is -0.0834. The lowest BCUT2D eigenvalue weighted by molar-refractivity contribution is -0.150. The lowest BCUT2D eigenvalue weighted by atomic mass is 10.2. The molecule has 18 heavy (non-hydrogen) atoms. The van der Waals surface area contributed by atoms with E-state index in [4.69, 9.17) is 14.6 Å². The summed E-state index contributed by atoms with van der Waals surface area (Å²) in [6.07, 6.45) is 2.45. The molecule has 0 saturated heterocycles. The molecule has 5 nitrogen and oxygen atoms in total. The minimum absolute atomic E-state index is 0.436. The normalized spacial score (nSPS) is 17.1. The fourth-order valence-electron chi connectivity index (χ4n) is 1.68. The van der Waals surface area contributed by atoms with Crippen molar-refractivity contribution in [3.63, 3.8) is 0 Å². The van der Waals surface area contributed by atoms with Crippen LogP contribution in [0.3, 0.4) is 0 Å². The van der Waals surface area contributed by atoms with Gasteiger partial charge < -0.3 is 19.5 Å². The van der Waals surface area contributed by atoms with E-state index in [-0.39, 0.29) is 0 Å². The van der Waals surface area contributed by atoms with E-state index in [2.05, 4.69) is 4.90 Å². The molecule has 1 aliphatic rings. The third-order valence-corrected chi connectivity index (χ3v) is 3.08. The first kappa shape index (κ1) is 15.4. The zero-order valence-corrected chi connectivity index (χ0v) is 11.4. The van der Waals surface area contributed by atoms with Gasteiger partial charge in [0, 0.05) is 26.3 Å². The maximum Gasteiger partial charge on any atom is 0.332 e. The minimum Gasteiger partial charge on any atom is -0.479 e. The first-order valence-electron chi connectivity index (χ1n) is 6.74. The second kappa shape index (κ2) is 8.45. The average Bonchev–Trinajstić information content (AvgIpc) is 3.13. The Morgan fingerprint density at radius 2 is 2.17 bits per heavy atom. The van der Waals surface area contributed by atoms with Gasteiger partial charge >= 0.3 is 5.97 Å². The van der Waals surface area contributed by atoms with Crippen molar-refractivity contribution < 1.29 is 19.4 Å². The van der Waals surface area contributed by atoms with E-state index in [1.165, 1.54) is 12.8 Å². The second-order valence-corrected chi connectivity index (χ2v) is 4.89. The maximum atomic E-state index is 10.9. The van der Waals surface area contributed by atoms with Crippen LogP contribution in [0.4, 0.5) is 0 Å². The van der Waals surface area contributed by atoms with Crippen molar-refractivity contribution in [1.82, 2.24) is 4.90 Å². The smallest absolute Gasteiger partial charge is 0.332 e. The van der Waals surface area contributed by atoms with Crippen LogP contribution in [0.1, 0.15) is 26.2 Å². The maximum absolute atomic E-state index is 10.9. The lowest BCUT2D eigenvalue weighted by Gasteiger charge is -2.19. The molecule has 1 saturated carbocycles. The van der Waals surface area contributed by atoms with Crippen molar-refractivity contribution >= 4 is 5.97 Å². The summed E-state index contributed by atoms with van der Waals surface area (Å²) in [6.45, 7) is 5.40. The van der Waals surface area contributed by atoms with E-state index < -0.39 is 12.1 Å². The van der Waals surface area contributed by atoms with Gasteiger partial charge in [-0.1, -0.05) is 0 Å². The number of nitrogens with zero attached hydrogens (tertiary/aromatic N) is 1. The number of ether oxygens (including phenoxy) is 2. The predicted octanol–water partition coefficient (Wildman–Crippen LogP) is 1.22. The summed E-state index contributed by atoms with van der Waals surface area (Å²) in [6, 6.07) is 0. The fourth-order valence-corrected chi connectivity index (χ4v) is 1.68. The number of hydrogen-bond donors (Lipinski definition) is 1. The van der Waals surface area contributed by atoms with Crippen LogP contribution in [0.25, 0.3) is 0 Å². The highest BCUT2D eigenvalue weighted by atomic mass is 16.5. The summed E-state index contributed by atoms with van der Waals surface area (Å²) in [4.78, 5) is 13.0. The van der Waals surface area contributed by atoms with E-state index in [0.717, 1.165) is 25.7 Å². The van der Waals surface area contributed by atoms with Gasteiger partial charge in [0.25, 0.3) is 0 Å². The second-order valence-electron chi connectivity index (χ2n) is 4.89. The number of hydrogen-bond acceptors (Lipinski definition) is 4. The monoisotopic (exact) mass is 259 g/mol. The summed E-state index contributed by atoms with van der Waals surface area (Å²) >= 11 is 0. The van der Waals surface area contributed by atoms with Crippen molar-refractivity contribution in [2.24, 2.45) is 5.92 Å². The highest BCUT2D eigenvalue weighted by molar-refractivity contribution is 5.72. The van der Waals surface area contributed by atoms with Crippen molar-refractivity contribution in [2.75, 3.05) is 40.0 Å². The number of carboxylic acid groups (broad SMARTS) is 1. The lowest BCUT2D eigenvalue weighted by Crippen LogP contribution is -2.31. The average molecular weight is 259 g/mol. The highest BCUT2D eigenvalue weighted by Gasteiger charge is 2.21. The van der Waals surface area contributed by atoms with E-state index in [1.807, 2.05) is 14.0 Å². The molecular formula is C13H25NO4. The topological polar surface area (TPSA) is 59.0 Å². The van der Waals surface area contributed by atoms with Crippen molar-refractivity contribution in [2.45, 2.75) is 32.3 Å². The van der Waals surface area contributed by atoms with Crippen LogP contribution in [0, 0.1) is 5.92 Å². The molecule has 0 aromatic rings. The number of carbonyl (C=O) groups is 1. The van der Waals surface area contributed by atoms with Crippen LogP contribution < -0.4 is 0 Å². The van der Waals surface area contributed by atoms with Crippen LogP contribution in [0.5, 0.6) is 0 Å². The Morgan fingerprint density at radius 3 is 2.72 bits per heavy atom. The van der Waals surface area contributed by atoms with Gasteiger partial charge in [0.1, 0.15) is 0 Å². The number of carboxylic acids is 1. The van der Waals surface area contributed by atoms with Gasteiger partial charge in [0.05, 0.1) is 6.61 Å². The van der Waals surface area contributed by atoms with Gasteiger partial charge in [0.15, 0.2) is 6.10 Å². The molecule has 0 heterocycles. The first-order chi connectivity index (χ1) is 8.63. The van der Waals surface area contributed by atoms with Crippen LogP contribution in [0.15, 0.2) is 0 Å². The third kappa shape index (κ3) is 6.93. The highest BCUT2D eigenvalue weighted by Crippen LogP contribution is 2.28. The Kier molecular flexibility index (Phi) is 7.23. The first-order valence-corrected chi connectivity index (χ1v) is 6.74. The molecular weight excluding hydrogens is 234 g/mol. The molecule has 1 atom stereocenters. The molecule has 1 rings (SSSR count). The summed E-state index contributed by atoms with van der Waals surface area (Å²) in [5, 5.41) is 8.93. The van der Waals surface area contributed by atoms with E-state index >= 15 is 0 Å². The van der Waals surface area contributed by atoms with Crippen molar-refractivity contribution in [3.05, 3.63) is 0 Å². The van der Waals surface area contributed by atoms with Crippen LogP contribution >= 0.6 is 0 Å². The van der Waals surface area contributed by atoms with Gasteiger partial charge in [-0.15, -0.1) is 0 Å². The largest absolute Gasteiger partial charge is 0.479 e. The minimum atomic E-state index is -0.879. The molecule has 1 unspecified atom stereocenters. The molecule has 0 radical (unpaired) electrons. The van der Waals surface area contributed by atoms with Gasteiger partial charge in [-0.2, -0.15) is 0 Å². The van der Waals surface area contributed by atoms with Crippen molar-refractivity contribution in [3.8, 4) is 0 Å². The Morgan fingerprint density at radius 1 is 1.44 bits per heavy atom. The molecule has 106 valence electrons. The molecule has 0 aliphatic heterocycles. The number of rotatable bonds is 11. The van der Waals surface area contributed by atoms with Crippen molar-refractivity contribution in [1.29, 1.82) is 0 Å². The Balaban J connectivity index is 2.02. The molecule has 5 heteroatoms. The number of likely N-dealkylation sites (N-methyl/N-ethyl adjacent to an activating group) is 1. The van der Waals surface area contributed by atoms with Gasteiger partial charge in [-0.05, 0) is 39.2 Å². The molecule has 1 aliphatic carbocycles. The Labute approximate surface area is 109 Å². The Hall–Kier alpha value is -0.650. The molecule has 1 fully saturated rings. The Bertz CT molecular complexity index is 243. The standard InChI is InChI=1S/C13H25NO4/c1-3-18-12(13(15)16)6-7-14(2)8-9-17-10-11-4-5-11/h11-12H,3-10H2,1-2H3,(H,15,16). The van der Waals surface area contributed by atoms with Crippen LogP contribution in [-0.2, 0) is 14.3 Å². The van der Waals surface area contributed by atoms with E-state index in [1.54, 1.807) is 0 Å². The van der Waals surface area contributed by atoms with Gasteiger partial charge in [0.2, 0.25) is 0 Å². The molecule has 0 aromatic carbocycles. The fraction of sp³-hybridized carbons (Fsp3) is 0.923. The van der Waals surface area contributed by atoms with E-state index in [0.29, 0.717) is 19.6 Å². The molecule has 0 amide bonds. The summed E-state index contributed by atoms with van der Waals surface area (Å²) in [5.41, 5.74) is 0. The summed E-state index contributed by atoms with van der Waals surface area (Å²) in [7, 11) is 1.98. The zero-order valence-electron chi connectivity index (χ0n) is 11.4. The molecule has 1 N–H and O–H groups in total. The van der Waals surface area contributed by atoms with Crippen LogP contribution in [0.2, 0.25) is 0 Å². The van der Waals surface area contributed by atoms with E-state index in [9.17, 15) is 4.79 Å².